The molecule has 0 unspecified atom stereocenters. The van der Waals surface area contributed by atoms with Gasteiger partial charge >= 0.3 is 5.97 Å². The van der Waals surface area contributed by atoms with Crippen molar-refractivity contribution in [3.63, 3.8) is 0 Å². The average molecular weight is 252 g/mol. The van der Waals surface area contributed by atoms with Crippen molar-refractivity contribution >= 4 is 16.7 Å². The molecule has 2 aromatic carbocycles. The van der Waals surface area contributed by atoms with E-state index in [4.69, 9.17) is 5.11 Å². The predicted molar refractivity (Wildman–Crippen MR) is 78.7 cm³/mol. The van der Waals surface area contributed by atoms with Gasteiger partial charge < -0.3 is 5.11 Å². The maximum atomic E-state index is 11.2. The predicted octanol–water partition coefficient (Wildman–Crippen LogP) is 4.00. The van der Waals surface area contributed by atoms with Crippen molar-refractivity contribution in [1.82, 2.24) is 0 Å². The lowest BCUT2D eigenvalue weighted by Gasteiger charge is -2.11. The van der Waals surface area contributed by atoms with Crippen molar-refractivity contribution in [2.45, 2.75) is 12.8 Å². The van der Waals surface area contributed by atoms with Crippen LogP contribution in [0.4, 0.5) is 0 Å². The van der Waals surface area contributed by atoms with Crippen LogP contribution >= 0.6 is 0 Å². The molecule has 0 fully saturated rings. The summed E-state index contributed by atoms with van der Waals surface area (Å²) >= 11 is 0. The van der Waals surface area contributed by atoms with E-state index in [9.17, 15) is 4.79 Å². The molecule has 0 bridgehead atoms. The Hall–Kier alpha value is -2.35. The second kappa shape index (κ2) is 5.53. The highest BCUT2D eigenvalue weighted by molar-refractivity contribution is 5.97. The van der Waals surface area contributed by atoms with Crippen molar-refractivity contribution in [2.24, 2.45) is 0 Å². The summed E-state index contributed by atoms with van der Waals surface area (Å²) in [6.07, 6.45) is 5.09. The average Bonchev–Trinajstić information content (AvgIpc) is 2.39. The number of carbonyl (C=O) groups is 1. The number of hydrogen-bond donors (Lipinski definition) is 1. The third kappa shape index (κ3) is 2.58. The molecule has 0 radical (unpaired) electrons. The fourth-order valence-electron chi connectivity index (χ4n) is 2.37. The summed E-state index contributed by atoms with van der Waals surface area (Å²) in [7, 11) is 0. The summed E-state index contributed by atoms with van der Waals surface area (Å²) < 4.78 is 0. The van der Waals surface area contributed by atoms with Gasteiger partial charge in [-0.3, -0.25) is 0 Å². The van der Waals surface area contributed by atoms with E-state index in [0.29, 0.717) is 12.0 Å². The normalized spacial score (nSPS) is 10.3. The molecule has 0 aliphatic rings. The first-order valence-corrected chi connectivity index (χ1v) is 6.17. The first kappa shape index (κ1) is 13.1. The summed E-state index contributed by atoms with van der Waals surface area (Å²) in [5.41, 5.74) is 2.49. The molecule has 0 aliphatic heterocycles. The van der Waals surface area contributed by atoms with E-state index in [2.05, 4.69) is 19.2 Å². The van der Waals surface area contributed by atoms with Crippen LogP contribution in [0.5, 0.6) is 0 Å². The van der Waals surface area contributed by atoms with Crippen LogP contribution in [0.15, 0.2) is 55.6 Å². The van der Waals surface area contributed by atoms with Crippen molar-refractivity contribution in [1.29, 1.82) is 0 Å². The minimum atomic E-state index is -0.902. The Bertz CT molecular complexity index is 654. The number of rotatable bonds is 5. The maximum absolute atomic E-state index is 11.2. The summed E-state index contributed by atoms with van der Waals surface area (Å²) in [4.78, 5) is 11.2. The van der Waals surface area contributed by atoms with Crippen LogP contribution in [0, 0.1) is 0 Å². The lowest BCUT2D eigenvalue weighted by atomic mass is 9.93. The zero-order valence-corrected chi connectivity index (χ0v) is 10.7. The molecule has 0 spiro atoms. The summed E-state index contributed by atoms with van der Waals surface area (Å²) in [5, 5.41) is 11.2. The Balaban J connectivity index is 2.78. The molecule has 2 heteroatoms. The first-order valence-electron chi connectivity index (χ1n) is 6.17. The van der Waals surface area contributed by atoms with E-state index in [0.717, 1.165) is 22.8 Å². The molecular formula is C17H16O2. The van der Waals surface area contributed by atoms with Crippen molar-refractivity contribution in [3.05, 3.63) is 72.3 Å². The number of benzene rings is 2. The van der Waals surface area contributed by atoms with Gasteiger partial charge in [-0.15, -0.1) is 13.2 Å². The number of allylic oxidation sites excluding steroid dienone is 2. The van der Waals surface area contributed by atoms with E-state index in [-0.39, 0.29) is 0 Å². The Labute approximate surface area is 112 Å². The van der Waals surface area contributed by atoms with E-state index in [1.165, 1.54) is 5.56 Å². The van der Waals surface area contributed by atoms with Gasteiger partial charge in [0.1, 0.15) is 0 Å². The van der Waals surface area contributed by atoms with Gasteiger partial charge in [-0.2, -0.15) is 0 Å². The van der Waals surface area contributed by atoms with Crippen LogP contribution in [-0.4, -0.2) is 11.1 Å². The lowest BCUT2D eigenvalue weighted by Crippen LogP contribution is -2.00. The number of carboxylic acids is 1. The second-order valence-corrected chi connectivity index (χ2v) is 4.44. The van der Waals surface area contributed by atoms with Crippen LogP contribution in [0.2, 0.25) is 0 Å². The van der Waals surface area contributed by atoms with E-state index in [1.54, 1.807) is 18.2 Å². The number of carboxylic acid groups (broad SMARTS) is 1. The minimum absolute atomic E-state index is 0.320. The number of aromatic carboxylic acids is 1. The molecule has 0 aromatic heterocycles. The van der Waals surface area contributed by atoms with Crippen LogP contribution in [-0.2, 0) is 12.8 Å². The fraction of sp³-hybridized carbons (Fsp3) is 0.118. The molecule has 1 N–H and O–H groups in total. The van der Waals surface area contributed by atoms with E-state index in [1.807, 2.05) is 18.2 Å². The van der Waals surface area contributed by atoms with Crippen molar-refractivity contribution < 1.29 is 9.90 Å². The van der Waals surface area contributed by atoms with Crippen molar-refractivity contribution in [3.8, 4) is 0 Å². The van der Waals surface area contributed by atoms with E-state index < -0.39 is 5.97 Å². The summed E-state index contributed by atoms with van der Waals surface area (Å²) in [6, 6.07) is 9.40. The van der Waals surface area contributed by atoms with Gasteiger partial charge in [-0.1, -0.05) is 30.4 Å². The molecule has 0 atom stereocenters. The largest absolute Gasteiger partial charge is 0.478 e. The van der Waals surface area contributed by atoms with Crippen LogP contribution in [0.1, 0.15) is 21.5 Å². The molecule has 2 nitrogen and oxygen atoms in total. The molecule has 0 heterocycles. The van der Waals surface area contributed by atoms with Gasteiger partial charge in [-0.25, -0.2) is 4.79 Å². The molecule has 0 amide bonds. The fourth-order valence-corrected chi connectivity index (χ4v) is 2.37. The topological polar surface area (TPSA) is 37.3 Å². The summed E-state index contributed by atoms with van der Waals surface area (Å²) in [5.74, 6) is -0.902. The van der Waals surface area contributed by atoms with Gasteiger partial charge in [0.05, 0.1) is 5.56 Å². The third-order valence-corrected chi connectivity index (χ3v) is 3.12. The second-order valence-electron chi connectivity index (χ2n) is 4.44. The number of fused-ring (bicyclic) bond motifs is 1. The molecular weight excluding hydrogens is 236 g/mol. The number of hydrogen-bond acceptors (Lipinski definition) is 1. The maximum Gasteiger partial charge on any atom is 0.335 e. The smallest absolute Gasteiger partial charge is 0.335 e. The Kier molecular flexibility index (Phi) is 3.81. The van der Waals surface area contributed by atoms with Crippen molar-refractivity contribution in [2.75, 3.05) is 0 Å². The van der Waals surface area contributed by atoms with Crippen LogP contribution in [0.3, 0.4) is 0 Å². The Morgan fingerprint density at radius 1 is 1.11 bits per heavy atom. The molecule has 96 valence electrons. The van der Waals surface area contributed by atoms with Crippen LogP contribution < -0.4 is 0 Å². The lowest BCUT2D eigenvalue weighted by molar-refractivity contribution is 0.0697. The third-order valence-electron chi connectivity index (χ3n) is 3.12. The standard InChI is InChI=1S/C17H16O2/c1-3-6-12-8-5-9-14-11-15(17(18)19)10-13(7-4-2)16(12)14/h3-5,8-11H,1-2,6-7H2,(H,18,19). The molecule has 2 rings (SSSR count). The molecule has 0 saturated heterocycles. The molecule has 2 aromatic rings. The quantitative estimate of drug-likeness (QED) is 0.817. The first-order chi connectivity index (χ1) is 9.17. The highest BCUT2D eigenvalue weighted by Crippen LogP contribution is 2.26. The minimum Gasteiger partial charge on any atom is -0.478 e. The SMILES string of the molecule is C=CCc1cccc2cc(C(=O)O)cc(CC=C)c12. The van der Waals surface area contributed by atoms with Crippen LogP contribution in [0.25, 0.3) is 10.8 Å². The van der Waals surface area contributed by atoms with Gasteiger partial charge in [0.15, 0.2) is 0 Å². The Morgan fingerprint density at radius 2 is 1.79 bits per heavy atom. The van der Waals surface area contributed by atoms with Gasteiger partial charge in [-0.05, 0) is 46.9 Å². The molecule has 0 aliphatic carbocycles. The van der Waals surface area contributed by atoms with Gasteiger partial charge in [0.2, 0.25) is 0 Å². The summed E-state index contributed by atoms with van der Waals surface area (Å²) in [6.45, 7) is 7.52. The van der Waals surface area contributed by atoms with Gasteiger partial charge in [0.25, 0.3) is 0 Å². The molecule has 19 heavy (non-hydrogen) atoms. The monoisotopic (exact) mass is 252 g/mol. The Morgan fingerprint density at radius 3 is 2.42 bits per heavy atom. The van der Waals surface area contributed by atoms with E-state index >= 15 is 0 Å². The highest BCUT2D eigenvalue weighted by Gasteiger charge is 2.10. The zero-order valence-electron chi connectivity index (χ0n) is 10.7. The van der Waals surface area contributed by atoms with Gasteiger partial charge in [0, 0.05) is 0 Å². The highest BCUT2D eigenvalue weighted by atomic mass is 16.4. The zero-order chi connectivity index (χ0) is 13.8. The molecule has 0 saturated carbocycles.